The van der Waals surface area contributed by atoms with Crippen LogP contribution >= 0.6 is 0 Å². The molecule has 0 saturated heterocycles. The van der Waals surface area contributed by atoms with E-state index in [1.165, 1.54) is 109 Å². The summed E-state index contributed by atoms with van der Waals surface area (Å²) in [5, 5.41) is 15.6. The third-order valence-electron chi connectivity index (χ3n) is 11.8. The Kier molecular flexibility index (Phi) is 5.82. The van der Waals surface area contributed by atoms with Crippen molar-refractivity contribution in [2.45, 2.75) is 19.3 Å². The predicted molar refractivity (Wildman–Crippen MR) is 220 cm³/mol. The molecule has 1 aliphatic carbocycles. The fraction of sp³-hybridized carbons (Fsp3) is 0.0588. The Balaban J connectivity index is 1.23. The van der Waals surface area contributed by atoms with Crippen LogP contribution in [0, 0.1) is 0 Å². The number of hydrogen-bond acceptors (Lipinski definition) is 0. The van der Waals surface area contributed by atoms with Gasteiger partial charge in [0, 0.05) is 5.41 Å². The van der Waals surface area contributed by atoms with Crippen molar-refractivity contribution in [3.63, 3.8) is 0 Å². The van der Waals surface area contributed by atoms with Crippen molar-refractivity contribution in [3.05, 3.63) is 181 Å². The lowest BCUT2D eigenvalue weighted by molar-refractivity contribution is 0.667. The second kappa shape index (κ2) is 10.4. The molecule has 0 radical (unpaired) electrons. The van der Waals surface area contributed by atoms with Crippen molar-refractivity contribution in [1.82, 2.24) is 0 Å². The van der Waals surface area contributed by atoms with Crippen LogP contribution in [0.4, 0.5) is 0 Å². The van der Waals surface area contributed by atoms with Gasteiger partial charge in [0.1, 0.15) is 0 Å². The Morgan fingerprint density at radius 1 is 0.314 bits per heavy atom. The molecule has 0 amide bonds. The van der Waals surface area contributed by atoms with Crippen LogP contribution < -0.4 is 0 Å². The summed E-state index contributed by atoms with van der Waals surface area (Å²) in [6, 6.07) is 63.6. The van der Waals surface area contributed by atoms with Gasteiger partial charge in [0.2, 0.25) is 0 Å². The summed E-state index contributed by atoms with van der Waals surface area (Å²) in [6.07, 6.45) is 0. The van der Waals surface area contributed by atoms with Gasteiger partial charge in [-0.25, -0.2) is 0 Å². The van der Waals surface area contributed by atoms with Gasteiger partial charge >= 0.3 is 0 Å². The van der Waals surface area contributed by atoms with E-state index >= 15 is 0 Å². The van der Waals surface area contributed by atoms with Gasteiger partial charge in [-0.2, -0.15) is 0 Å². The molecule has 0 heterocycles. The minimum atomic E-state index is -0.141. The summed E-state index contributed by atoms with van der Waals surface area (Å²) >= 11 is 0. The lowest BCUT2D eigenvalue weighted by Gasteiger charge is -2.25. The van der Waals surface area contributed by atoms with Crippen molar-refractivity contribution >= 4 is 64.6 Å². The standard InChI is InChI=1S/C51H34/c1-51(2)46-30-33-16-4-3-15-32(33)28-45(46)49-38-20-8-7-19-36(38)44-29-34(26-27-43(44)50(49)51)47-39-21-9-11-23-41(39)48(42-24-12-10-22-40(42)47)37-25-13-17-31-14-5-6-18-35(31)37/h3-30H,1-2H3. The first-order chi connectivity index (χ1) is 25.1. The van der Waals surface area contributed by atoms with E-state index in [1.54, 1.807) is 0 Å². The van der Waals surface area contributed by atoms with Crippen molar-refractivity contribution in [3.8, 4) is 33.4 Å². The highest BCUT2D eigenvalue weighted by Crippen LogP contribution is 2.56. The molecule has 0 N–H and O–H groups in total. The highest BCUT2D eigenvalue weighted by Gasteiger charge is 2.38. The molecule has 0 aliphatic heterocycles. The van der Waals surface area contributed by atoms with E-state index < -0.39 is 0 Å². The Morgan fingerprint density at radius 2 is 0.824 bits per heavy atom. The molecule has 238 valence electrons. The minimum Gasteiger partial charge on any atom is -0.0616 e. The largest absolute Gasteiger partial charge is 0.0616 e. The van der Waals surface area contributed by atoms with E-state index in [4.69, 9.17) is 0 Å². The average molecular weight is 647 g/mol. The summed E-state index contributed by atoms with van der Waals surface area (Å²) < 4.78 is 0. The number of fused-ring (bicyclic) bond motifs is 12. The molecule has 0 heteroatoms. The van der Waals surface area contributed by atoms with Crippen molar-refractivity contribution in [2.24, 2.45) is 0 Å². The molecule has 0 fully saturated rings. The molecule has 51 heavy (non-hydrogen) atoms. The van der Waals surface area contributed by atoms with Gasteiger partial charge < -0.3 is 0 Å². The van der Waals surface area contributed by atoms with E-state index in [0.29, 0.717) is 0 Å². The maximum atomic E-state index is 2.49. The van der Waals surface area contributed by atoms with E-state index in [-0.39, 0.29) is 5.41 Å². The lowest BCUT2D eigenvalue weighted by Crippen LogP contribution is -2.15. The van der Waals surface area contributed by atoms with Crippen LogP contribution in [0.5, 0.6) is 0 Å². The second-order valence-electron chi connectivity index (χ2n) is 14.8. The number of rotatable bonds is 2. The third-order valence-corrected chi connectivity index (χ3v) is 11.8. The quantitative estimate of drug-likeness (QED) is 0.129. The molecule has 0 unspecified atom stereocenters. The zero-order valence-electron chi connectivity index (χ0n) is 28.7. The molecule has 0 nitrogen and oxygen atoms in total. The first kappa shape index (κ1) is 28.6. The van der Waals surface area contributed by atoms with E-state index in [9.17, 15) is 0 Å². The second-order valence-corrected chi connectivity index (χ2v) is 14.8. The molecular weight excluding hydrogens is 613 g/mol. The van der Waals surface area contributed by atoms with Crippen molar-refractivity contribution in [2.75, 3.05) is 0 Å². The van der Waals surface area contributed by atoms with Crippen LogP contribution in [0.3, 0.4) is 0 Å². The van der Waals surface area contributed by atoms with Crippen LogP contribution in [-0.2, 0) is 5.41 Å². The predicted octanol–water partition coefficient (Wildman–Crippen LogP) is 14.2. The van der Waals surface area contributed by atoms with E-state index in [2.05, 4.69) is 184 Å². The molecule has 0 saturated carbocycles. The molecule has 0 aromatic heterocycles. The van der Waals surface area contributed by atoms with E-state index in [0.717, 1.165) is 0 Å². The summed E-state index contributed by atoms with van der Waals surface area (Å²) in [7, 11) is 0. The van der Waals surface area contributed by atoms with Gasteiger partial charge in [0.15, 0.2) is 0 Å². The van der Waals surface area contributed by atoms with Crippen molar-refractivity contribution in [1.29, 1.82) is 0 Å². The smallest absolute Gasteiger partial charge is 0.0165 e. The number of hydrogen-bond donors (Lipinski definition) is 0. The van der Waals surface area contributed by atoms with Gasteiger partial charge in [-0.15, -0.1) is 0 Å². The summed E-state index contributed by atoms with van der Waals surface area (Å²) in [5.74, 6) is 0. The zero-order chi connectivity index (χ0) is 33.8. The van der Waals surface area contributed by atoms with Crippen LogP contribution in [0.25, 0.3) is 98.0 Å². The molecule has 10 aromatic rings. The summed E-state index contributed by atoms with van der Waals surface area (Å²) in [5.41, 5.74) is 10.6. The monoisotopic (exact) mass is 646 g/mol. The molecule has 10 aromatic carbocycles. The third kappa shape index (κ3) is 3.91. The Morgan fingerprint density at radius 3 is 1.49 bits per heavy atom. The molecule has 0 spiro atoms. The molecule has 1 aliphatic rings. The Bertz CT molecular complexity index is 3040. The fourth-order valence-corrected chi connectivity index (χ4v) is 9.55. The molecule has 0 bridgehead atoms. The fourth-order valence-electron chi connectivity index (χ4n) is 9.55. The highest BCUT2D eigenvalue weighted by atomic mass is 14.4. The Labute approximate surface area is 297 Å². The maximum absolute atomic E-state index is 2.49. The van der Waals surface area contributed by atoms with Crippen LogP contribution in [0.15, 0.2) is 170 Å². The number of benzene rings is 10. The van der Waals surface area contributed by atoms with Gasteiger partial charge in [0.25, 0.3) is 0 Å². The van der Waals surface area contributed by atoms with Crippen LogP contribution in [0.1, 0.15) is 25.0 Å². The normalized spacial score (nSPS) is 13.5. The lowest BCUT2D eigenvalue weighted by atomic mass is 9.78. The molecule has 11 rings (SSSR count). The summed E-state index contributed by atoms with van der Waals surface area (Å²) in [6.45, 7) is 4.84. The van der Waals surface area contributed by atoms with E-state index in [1.807, 2.05) is 0 Å². The average Bonchev–Trinajstić information content (AvgIpc) is 3.41. The van der Waals surface area contributed by atoms with Crippen molar-refractivity contribution < 1.29 is 0 Å². The van der Waals surface area contributed by atoms with Gasteiger partial charge in [-0.3, -0.25) is 0 Å². The van der Waals surface area contributed by atoms with Gasteiger partial charge in [0.05, 0.1) is 0 Å². The molecule has 0 atom stereocenters. The first-order valence-electron chi connectivity index (χ1n) is 18.0. The van der Waals surface area contributed by atoms with Crippen LogP contribution in [-0.4, -0.2) is 0 Å². The van der Waals surface area contributed by atoms with Gasteiger partial charge in [-0.05, 0) is 127 Å². The first-order valence-corrected chi connectivity index (χ1v) is 18.0. The Hall–Kier alpha value is -6.24. The summed E-state index contributed by atoms with van der Waals surface area (Å²) in [4.78, 5) is 0. The zero-order valence-corrected chi connectivity index (χ0v) is 28.7. The highest BCUT2D eigenvalue weighted by molar-refractivity contribution is 6.25. The van der Waals surface area contributed by atoms with Gasteiger partial charge in [-0.1, -0.05) is 166 Å². The molecular formula is C51H34. The maximum Gasteiger partial charge on any atom is 0.0165 e. The minimum absolute atomic E-state index is 0.141. The van der Waals surface area contributed by atoms with Crippen LogP contribution in [0.2, 0.25) is 0 Å². The topological polar surface area (TPSA) is 0 Å². The SMILES string of the molecule is CC1(C)c2cc3ccccc3cc2-c2c1c1ccc(-c3c4ccccc4c(-c4cccc5ccccc45)c4ccccc34)cc1c1ccccc21.